The molecule has 0 aromatic carbocycles. The minimum atomic E-state index is -0.0859. The Morgan fingerprint density at radius 1 is 1.55 bits per heavy atom. The standard InChI is InChI=1S/C14H16N4O2/c1-10-9-18(6-5-16-10)14(19)12-7-13(20-17-12)11-3-2-4-15-8-11/h2-4,7-8,10,16H,5-6,9H2,1H3. The van der Waals surface area contributed by atoms with Gasteiger partial charge in [0, 0.05) is 49.7 Å². The second-order valence-electron chi connectivity index (χ2n) is 4.92. The van der Waals surface area contributed by atoms with E-state index in [0.717, 1.165) is 12.1 Å². The topological polar surface area (TPSA) is 71.3 Å². The molecule has 1 amide bonds. The summed E-state index contributed by atoms with van der Waals surface area (Å²) in [6.45, 7) is 4.25. The summed E-state index contributed by atoms with van der Waals surface area (Å²) in [7, 11) is 0. The summed E-state index contributed by atoms with van der Waals surface area (Å²) in [5.41, 5.74) is 1.16. The Kier molecular flexibility index (Phi) is 3.47. The van der Waals surface area contributed by atoms with Crippen LogP contribution in [0, 0.1) is 0 Å². The van der Waals surface area contributed by atoms with E-state index >= 15 is 0 Å². The minimum absolute atomic E-state index is 0.0859. The van der Waals surface area contributed by atoms with Crippen molar-refractivity contribution in [3.05, 3.63) is 36.3 Å². The summed E-state index contributed by atoms with van der Waals surface area (Å²) < 4.78 is 5.24. The number of piperazine rings is 1. The van der Waals surface area contributed by atoms with Crippen molar-refractivity contribution >= 4 is 5.91 Å². The first-order valence-corrected chi connectivity index (χ1v) is 6.64. The zero-order chi connectivity index (χ0) is 13.9. The maximum absolute atomic E-state index is 12.3. The lowest BCUT2D eigenvalue weighted by atomic mass is 10.2. The van der Waals surface area contributed by atoms with E-state index in [0.29, 0.717) is 30.6 Å². The summed E-state index contributed by atoms with van der Waals surface area (Å²) in [5, 5.41) is 7.18. The van der Waals surface area contributed by atoms with Crippen LogP contribution in [0.15, 0.2) is 35.1 Å². The van der Waals surface area contributed by atoms with Crippen LogP contribution in [0.1, 0.15) is 17.4 Å². The van der Waals surface area contributed by atoms with Crippen LogP contribution >= 0.6 is 0 Å². The lowest BCUT2D eigenvalue weighted by molar-refractivity contribution is 0.0698. The van der Waals surface area contributed by atoms with E-state index in [2.05, 4.69) is 22.4 Å². The number of pyridine rings is 1. The third kappa shape index (κ3) is 2.55. The Morgan fingerprint density at radius 2 is 2.45 bits per heavy atom. The van der Waals surface area contributed by atoms with Crippen LogP contribution in [-0.4, -0.2) is 46.6 Å². The first kappa shape index (κ1) is 12.8. The molecule has 1 aliphatic heterocycles. The lowest BCUT2D eigenvalue weighted by Crippen LogP contribution is -2.51. The lowest BCUT2D eigenvalue weighted by Gasteiger charge is -2.31. The number of nitrogens with zero attached hydrogens (tertiary/aromatic N) is 3. The highest BCUT2D eigenvalue weighted by atomic mass is 16.5. The van der Waals surface area contributed by atoms with Gasteiger partial charge in [-0.15, -0.1) is 0 Å². The van der Waals surface area contributed by atoms with Gasteiger partial charge in [-0.2, -0.15) is 0 Å². The molecule has 2 aromatic heterocycles. The van der Waals surface area contributed by atoms with E-state index in [1.165, 1.54) is 0 Å². The molecule has 6 nitrogen and oxygen atoms in total. The number of carbonyl (C=O) groups excluding carboxylic acids is 1. The van der Waals surface area contributed by atoms with E-state index < -0.39 is 0 Å². The molecule has 3 heterocycles. The number of carbonyl (C=O) groups is 1. The fourth-order valence-corrected chi connectivity index (χ4v) is 2.30. The van der Waals surface area contributed by atoms with Crippen LogP contribution in [-0.2, 0) is 0 Å². The van der Waals surface area contributed by atoms with Crippen molar-refractivity contribution in [2.24, 2.45) is 0 Å². The molecule has 0 aliphatic carbocycles. The van der Waals surface area contributed by atoms with Crippen LogP contribution in [0.5, 0.6) is 0 Å². The van der Waals surface area contributed by atoms with Crippen LogP contribution in [0.25, 0.3) is 11.3 Å². The molecule has 0 saturated carbocycles. The second-order valence-corrected chi connectivity index (χ2v) is 4.92. The molecule has 104 valence electrons. The van der Waals surface area contributed by atoms with Gasteiger partial charge in [0.15, 0.2) is 11.5 Å². The number of rotatable bonds is 2. The predicted molar refractivity (Wildman–Crippen MR) is 73.1 cm³/mol. The third-order valence-corrected chi connectivity index (χ3v) is 3.33. The highest BCUT2D eigenvalue weighted by Gasteiger charge is 2.24. The summed E-state index contributed by atoms with van der Waals surface area (Å²) >= 11 is 0. The second kappa shape index (κ2) is 5.42. The summed E-state index contributed by atoms with van der Waals surface area (Å²) in [6.07, 6.45) is 3.37. The van der Waals surface area contributed by atoms with Gasteiger partial charge in [-0.1, -0.05) is 5.16 Å². The minimum Gasteiger partial charge on any atom is -0.355 e. The zero-order valence-electron chi connectivity index (χ0n) is 11.2. The molecule has 20 heavy (non-hydrogen) atoms. The quantitative estimate of drug-likeness (QED) is 0.888. The Hall–Kier alpha value is -2.21. The average molecular weight is 272 g/mol. The number of amides is 1. The number of aromatic nitrogens is 2. The Bertz CT molecular complexity index is 596. The van der Waals surface area contributed by atoms with Crippen LogP contribution in [0.3, 0.4) is 0 Å². The molecule has 1 N–H and O–H groups in total. The van der Waals surface area contributed by atoms with Crippen molar-refractivity contribution in [2.75, 3.05) is 19.6 Å². The van der Waals surface area contributed by atoms with Gasteiger partial charge in [-0.25, -0.2) is 0 Å². The molecule has 0 radical (unpaired) electrons. The van der Waals surface area contributed by atoms with Crippen LogP contribution in [0.2, 0.25) is 0 Å². The SMILES string of the molecule is CC1CN(C(=O)c2cc(-c3cccnc3)on2)CCN1. The summed E-state index contributed by atoms with van der Waals surface area (Å²) in [5.74, 6) is 0.474. The molecule has 3 rings (SSSR count). The van der Waals surface area contributed by atoms with Crippen molar-refractivity contribution in [3.63, 3.8) is 0 Å². The highest BCUT2D eigenvalue weighted by molar-refractivity contribution is 5.93. The smallest absolute Gasteiger partial charge is 0.276 e. The molecule has 0 bridgehead atoms. The summed E-state index contributed by atoms with van der Waals surface area (Å²) in [6, 6.07) is 5.66. The van der Waals surface area contributed by atoms with Crippen molar-refractivity contribution in [1.82, 2.24) is 20.4 Å². The zero-order valence-corrected chi connectivity index (χ0v) is 11.2. The fraction of sp³-hybridized carbons (Fsp3) is 0.357. The van der Waals surface area contributed by atoms with Gasteiger partial charge in [0.1, 0.15) is 0 Å². The first-order valence-electron chi connectivity index (χ1n) is 6.64. The molecule has 1 fully saturated rings. The van der Waals surface area contributed by atoms with Gasteiger partial charge in [0.05, 0.1) is 0 Å². The van der Waals surface area contributed by atoms with Crippen LogP contribution < -0.4 is 5.32 Å². The van der Waals surface area contributed by atoms with Crippen LogP contribution in [0.4, 0.5) is 0 Å². The number of hydrogen-bond donors (Lipinski definition) is 1. The van der Waals surface area contributed by atoms with Gasteiger partial charge in [0.2, 0.25) is 0 Å². The number of nitrogens with one attached hydrogen (secondary N) is 1. The van der Waals surface area contributed by atoms with E-state index in [4.69, 9.17) is 4.52 Å². The maximum Gasteiger partial charge on any atom is 0.276 e. The Labute approximate surface area is 116 Å². The Morgan fingerprint density at radius 3 is 3.20 bits per heavy atom. The Balaban J connectivity index is 1.78. The largest absolute Gasteiger partial charge is 0.355 e. The molecule has 1 saturated heterocycles. The molecule has 1 unspecified atom stereocenters. The van der Waals surface area contributed by atoms with Gasteiger partial charge in [-0.05, 0) is 19.1 Å². The van der Waals surface area contributed by atoms with Crippen molar-refractivity contribution in [1.29, 1.82) is 0 Å². The van der Waals surface area contributed by atoms with Crippen molar-refractivity contribution < 1.29 is 9.32 Å². The van der Waals surface area contributed by atoms with E-state index in [1.54, 1.807) is 23.4 Å². The average Bonchev–Trinajstić information content (AvgIpc) is 2.97. The van der Waals surface area contributed by atoms with Gasteiger partial charge in [-0.3, -0.25) is 9.78 Å². The highest BCUT2D eigenvalue weighted by Crippen LogP contribution is 2.19. The molecular weight excluding hydrogens is 256 g/mol. The fourth-order valence-electron chi connectivity index (χ4n) is 2.30. The molecule has 2 aromatic rings. The van der Waals surface area contributed by atoms with Gasteiger partial charge in [0.25, 0.3) is 5.91 Å². The van der Waals surface area contributed by atoms with E-state index in [1.807, 2.05) is 12.1 Å². The summed E-state index contributed by atoms with van der Waals surface area (Å²) in [4.78, 5) is 18.2. The molecule has 0 spiro atoms. The molecular formula is C14H16N4O2. The first-order chi connectivity index (χ1) is 9.74. The van der Waals surface area contributed by atoms with Gasteiger partial charge >= 0.3 is 0 Å². The molecule has 1 aliphatic rings. The van der Waals surface area contributed by atoms with E-state index in [-0.39, 0.29) is 5.91 Å². The third-order valence-electron chi connectivity index (χ3n) is 3.33. The van der Waals surface area contributed by atoms with Gasteiger partial charge < -0.3 is 14.7 Å². The predicted octanol–water partition coefficient (Wildman–Crippen LogP) is 1.17. The number of hydrogen-bond acceptors (Lipinski definition) is 5. The van der Waals surface area contributed by atoms with Crippen molar-refractivity contribution in [3.8, 4) is 11.3 Å². The normalized spacial score (nSPS) is 19.1. The van der Waals surface area contributed by atoms with Crippen molar-refractivity contribution in [2.45, 2.75) is 13.0 Å². The monoisotopic (exact) mass is 272 g/mol. The maximum atomic E-state index is 12.3. The van der Waals surface area contributed by atoms with E-state index in [9.17, 15) is 4.79 Å². The molecule has 1 atom stereocenters. The molecule has 6 heteroatoms.